The normalized spacial score (nSPS) is 16.8. The molecule has 0 bridgehead atoms. The Kier molecular flexibility index (Phi) is 5.33. The molecule has 0 spiro atoms. The molecular formula is C18H16BrN2O4-. The fourth-order valence-electron chi connectivity index (χ4n) is 2.76. The number of carboxylic acid groups (broad SMARTS) is 1. The molecule has 25 heavy (non-hydrogen) atoms. The van der Waals surface area contributed by atoms with Gasteiger partial charge in [0.15, 0.2) is 0 Å². The summed E-state index contributed by atoms with van der Waals surface area (Å²) in [5, 5.41) is 16.4. The van der Waals surface area contributed by atoms with Gasteiger partial charge in [0, 0.05) is 23.3 Å². The highest BCUT2D eigenvalue weighted by Crippen LogP contribution is 2.33. The minimum absolute atomic E-state index is 0.0995. The fourth-order valence-corrected chi connectivity index (χ4v) is 3.02. The molecule has 0 N–H and O–H groups in total. The zero-order valence-electron chi connectivity index (χ0n) is 13.4. The Balaban J connectivity index is 1.80. The number of benzene rings is 1. The predicted molar refractivity (Wildman–Crippen MR) is 92.4 cm³/mol. The van der Waals surface area contributed by atoms with E-state index < -0.39 is 5.97 Å². The summed E-state index contributed by atoms with van der Waals surface area (Å²) < 4.78 is 6.43. The highest BCUT2D eigenvalue weighted by atomic mass is 79.9. The number of rotatable bonds is 6. The van der Waals surface area contributed by atoms with Crippen LogP contribution in [0.1, 0.15) is 43.0 Å². The summed E-state index contributed by atoms with van der Waals surface area (Å²) >= 11 is 3.40. The summed E-state index contributed by atoms with van der Waals surface area (Å²) in [6.45, 7) is 0. The number of hydrazone groups is 1. The first-order valence-electron chi connectivity index (χ1n) is 7.93. The van der Waals surface area contributed by atoms with Crippen LogP contribution in [0.3, 0.4) is 0 Å². The van der Waals surface area contributed by atoms with E-state index in [0.29, 0.717) is 12.2 Å². The average molecular weight is 404 g/mol. The van der Waals surface area contributed by atoms with Crippen LogP contribution < -0.4 is 5.11 Å². The molecule has 7 heteroatoms. The molecule has 1 aliphatic heterocycles. The van der Waals surface area contributed by atoms with Crippen molar-refractivity contribution in [1.29, 1.82) is 0 Å². The van der Waals surface area contributed by atoms with E-state index in [1.54, 1.807) is 12.3 Å². The van der Waals surface area contributed by atoms with Crippen LogP contribution in [0.5, 0.6) is 0 Å². The van der Waals surface area contributed by atoms with Crippen LogP contribution in [0.15, 0.2) is 56.7 Å². The molecule has 1 aliphatic rings. The van der Waals surface area contributed by atoms with Crippen LogP contribution in [0.2, 0.25) is 0 Å². The number of carbonyl (C=O) groups is 2. The third kappa shape index (κ3) is 4.17. The Labute approximate surface area is 153 Å². The molecule has 0 saturated heterocycles. The number of hydrogen-bond donors (Lipinski definition) is 0. The van der Waals surface area contributed by atoms with E-state index in [-0.39, 0.29) is 31.2 Å². The first kappa shape index (κ1) is 17.4. The number of furan rings is 1. The summed E-state index contributed by atoms with van der Waals surface area (Å²) in [6.07, 6.45) is 2.29. The molecule has 1 aromatic carbocycles. The lowest BCUT2D eigenvalue weighted by Gasteiger charge is -2.19. The highest BCUT2D eigenvalue weighted by molar-refractivity contribution is 9.10. The van der Waals surface area contributed by atoms with Gasteiger partial charge in [-0.05, 0) is 42.7 Å². The number of aliphatic carboxylic acids is 1. The van der Waals surface area contributed by atoms with Crippen molar-refractivity contribution >= 4 is 33.5 Å². The van der Waals surface area contributed by atoms with Gasteiger partial charge >= 0.3 is 0 Å². The minimum Gasteiger partial charge on any atom is -0.550 e. The summed E-state index contributed by atoms with van der Waals surface area (Å²) in [5.41, 5.74) is 1.73. The quantitative estimate of drug-likeness (QED) is 0.741. The standard InChI is InChI=1S/C18H17BrN2O4/c19-13-8-6-12(7-9-13)14-11-15(16-3-2-10-25-16)21(20-14)17(22)4-1-5-18(23)24/h2-3,6-10,15H,1,4-5,11H2,(H,23,24)/p-1/t15-/m0/s1. The summed E-state index contributed by atoms with van der Waals surface area (Å²) in [7, 11) is 0. The van der Waals surface area contributed by atoms with Gasteiger partial charge < -0.3 is 14.3 Å². The van der Waals surface area contributed by atoms with Crippen LogP contribution in [-0.2, 0) is 9.59 Å². The van der Waals surface area contributed by atoms with Crippen molar-refractivity contribution in [2.45, 2.75) is 31.7 Å². The Morgan fingerprint density at radius 1 is 1.24 bits per heavy atom. The van der Waals surface area contributed by atoms with Gasteiger partial charge in [-0.25, -0.2) is 5.01 Å². The molecule has 0 radical (unpaired) electrons. The van der Waals surface area contributed by atoms with Crippen molar-refractivity contribution in [3.63, 3.8) is 0 Å². The summed E-state index contributed by atoms with van der Waals surface area (Å²) in [4.78, 5) is 23.1. The lowest BCUT2D eigenvalue weighted by atomic mass is 10.0. The summed E-state index contributed by atoms with van der Waals surface area (Å²) in [6, 6.07) is 11.0. The van der Waals surface area contributed by atoms with Crippen LogP contribution in [0.4, 0.5) is 0 Å². The molecule has 2 aromatic rings. The Bertz CT molecular complexity index is 784. The SMILES string of the molecule is O=C([O-])CCCC(=O)N1N=C(c2ccc(Br)cc2)C[C@H]1c1ccco1. The van der Waals surface area contributed by atoms with Crippen LogP contribution in [0.25, 0.3) is 0 Å². The van der Waals surface area contributed by atoms with Crippen LogP contribution in [-0.4, -0.2) is 22.6 Å². The molecular weight excluding hydrogens is 388 g/mol. The maximum atomic E-state index is 12.5. The minimum atomic E-state index is -1.16. The Morgan fingerprint density at radius 3 is 2.64 bits per heavy atom. The van der Waals surface area contributed by atoms with E-state index in [4.69, 9.17) is 4.42 Å². The lowest BCUT2D eigenvalue weighted by Crippen LogP contribution is -2.27. The smallest absolute Gasteiger partial charge is 0.243 e. The van der Waals surface area contributed by atoms with Gasteiger partial charge in [-0.2, -0.15) is 5.10 Å². The van der Waals surface area contributed by atoms with E-state index in [2.05, 4.69) is 21.0 Å². The second-order valence-corrected chi connectivity index (χ2v) is 6.67. The molecule has 6 nitrogen and oxygen atoms in total. The van der Waals surface area contributed by atoms with E-state index in [1.807, 2.05) is 30.3 Å². The summed E-state index contributed by atoms with van der Waals surface area (Å²) in [5.74, 6) is -0.727. The number of nitrogens with zero attached hydrogens (tertiary/aromatic N) is 2. The Morgan fingerprint density at radius 2 is 2.00 bits per heavy atom. The lowest BCUT2D eigenvalue weighted by molar-refractivity contribution is -0.305. The van der Waals surface area contributed by atoms with E-state index in [9.17, 15) is 14.7 Å². The van der Waals surface area contributed by atoms with Crippen molar-refractivity contribution in [3.05, 3.63) is 58.5 Å². The Hall–Kier alpha value is -2.41. The second-order valence-electron chi connectivity index (χ2n) is 5.75. The third-order valence-corrected chi connectivity index (χ3v) is 4.52. The molecule has 1 atom stereocenters. The van der Waals surface area contributed by atoms with Crippen molar-refractivity contribution in [2.75, 3.05) is 0 Å². The monoisotopic (exact) mass is 403 g/mol. The number of halogens is 1. The number of carbonyl (C=O) groups excluding carboxylic acids is 2. The van der Waals surface area contributed by atoms with Gasteiger partial charge in [0.1, 0.15) is 11.8 Å². The first-order valence-corrected chi connectivity index (χ1v) is 8.72. The first-order chi connectivity index (χ1) is 12.0. The molecule has 130 valence electrons. The van der Waals surface area contributed by atoms with Crippen molar-refractivity contribution in [2.24, 2.45) is 5.10 Å². The van der Waals surface area contributed by atoms with Crippen LogP contribution >= 0.6 is 15.9 Å². The molecule has 1 amide bonds. The number of amides is 1. The largest absolute Gasteiger partial charge is 0.550 e. The predicted octanol–water partition coefficient (Wildman–Crippen LogP) is 2.64. The third-order valence-electron chi connectivity index (χ3n) is 3.99. The van der Waals surface area contributed by atoms with Crippen LogP contribution in [0, 0.1) is 0 Å². The molecule has 2 heterocycles. The molecule has 0 saturated carbocycles. The zero-order valence-corrected chi connectivity index (χ0v) is 14.9. The highest BCUT2D eigenvalue weighted by Gasteiger charge is 2.34. The van der Waals surface area contributed by atoms with E-state index in [1.165, 1.54) is 5.01 Å². The van der Waals surface area contributed by atoms with Gasteiger partial charge in [-0.3, -0.25) is 4.79 Å². The molecule has 0 unspecified atom stereocenters. The van der Waals surface area contributed by atoms with Gasteiger partial charge in [-0.15, -0.1) is 0 Å². The van der Waals surface area contributed by atoms with Gasteiger partial charge in [-0.1, -0.05) is 28.1 Å². The van der Waals surface area contributed by atoms with Crippen molar-refractivity contribution in [3.8, 4) is 0 Å². The molecule has 0 fully saturated rings. The van der Waals surface area contributed by atoms with E-state index >= 15 is 0 Å². The average Bonchev–Trinajstić information content (AvgIpc) is 3.24. The topological polar surface area (TPSA) is 85.9 Å². The molecule has 3 rings (SSSR count). The van der Waals surface area contributed by atoms with Crippen molar-refractivity contribution in [1.82, 2.24) is 5.01 Å². The molecule has 0 aliphatic carbocycles. The van der Waals surface area contributed by atoms with Gasteiger partial charge in [0.25, 0.3) is 0 Å². The number of hydrogen-bond acceptors (Lipinski definition) is 5. The van der Waals surface area contributed by atoms with Gasteiger partial charge in [0.2, 0.25) is 5.91 Å². The van der Waals surface area contributed by atoms with E-state index in [0.717, 1.165) is 15.7 Å². The maximum Gasteiger partial charge on any atom is 0.243 e. The number of carboxylic acids is 1. The zero-order chi connectivity index (χ0) is 17.8. The second kappa shape index (κ2) is 7.65. The fraction of sp³-hybridized carbons (Fsp3) is 0.278. The molecule has 1 aromatic heterocycles. The van der Waals surface area contributed by atoms with Gasteiger partial charge in [0.05, 0.1) is 12.0 Å². The van der Waals surface area contributed by atoms with Crippen molar-refractivity contribution < 1.29 is 19.1 Å². The maximum absolute atomic E-state index is 12.5.